The molecule has 148 valence electrons. The number of hydrogen-bond acceptors (Lipinski definition) is 6. The van der Waals surface area contributed by atoms with Crippen molar-refractivity contribution in [3.05, 3.63) is 11.6 Å². The first-order valence-electron chi connectivity index (χ1n) is 8.96. The first-order valence-corrected chi connectivity index (χ1v) is 10.8. The summed E-state index contributed by atoms with van der Waals surface area (Å²) in [5.74, 6) is 1.97. The first kappa shape index (κ1) is 23.5. The molecule has 1 fully saturated rings. The number of carbonyl (C=O) groups excluding carboxylic acids is 1. The predicted molar refractivity (Wildman–Crippen MR) is 120 cm³/mol. The Kier molecular flexibility index (Phi) is 12.3. The van der Waals surface area contributed by atoms with E-state index in [1.165, 1.54) is 0 Å². The molecule has 6 nitrogen and oxygen atoms in total. The van der Waals surface area contributed by atoms with Gasteiger partial charge in [-0.05, 0) is 33.1 Å². The van der Waals surface area contributed by atoms with Gasteiger partial charge >= 0.3 is 5.97 Å². The lowest BCUT2D eigenvalue weighted by molar-refractivity contribution is -0.149. The van der Waals surface area contributed by atoms with Crippen LogP contribution in [0.2, 0.25) is 0 Å². The van der Waals surface area contributed by atoms with E-state index in [1.54, 1.807) is 23.1 Å². The zero-order chi connectivity index (χ0) is 17.9. The number of carbonyl (C=O) groups is 1. The minimum atomic E-state index is -0.0525. The number of aliphatic imine (C=N–C) groups is 1. The summed E-state index contributed by atoms with van der Waals surface area (Å²) in [6.07, 6.45) is 4.54. The molecule has 2 heterocycles. The zero-order valence-corrected chi connectivity index (χ0v) is 19.4. The van der Waals surface area contributed by atoms with E-state index in [9.17, 15) is 4.79 Å². The van der Waals surface area contributed by atoms with E-state index in [-0.39, 0.29) is 35.9 Å². The highest BCUT2D eigenvalue weighted by Gasteiger charge is 2.27. The van der Waals surface area contributed by atoms with Gasteiger partial charge in [-0.15, -0.1) is 35.3 Å². The molecule has 0 amide bonds. The van der Waals surface area contributed by atoms with Crippen LogP contribution in [0, 0.1) is 5.92 Å². The Balaban J connectivity index is 0.00000338. The SMILES string of the molecule is CCNC(=NCCCSc1nccs1)N1CCC(C(=O)OCC)CC1.I. The average molecular weight is 512 g/mol. The van der Waals surface area contributed by atoms with Crippen molar-refractivity contribution in [2.45, 2.75) is 37.4 Å². The Morgan fingerprint density at radius 1 is 1.46 bits per heavy atom. The number of likely N-dealkylation sites (tertiary alicyclic amines) is 1. The van der Waals surface area contributed by atoms with Gasteiger partial charge in [-0.2, -0.15) is 0 Å². The smallest absolute Gasteiger partial charge is 0.309 e. The summed E-state index contributed by atoms with van der Waals surface area (Å²) >= 11 is 3.47. The highest BCUT2D eigenvalue weighted by Crippen LogP contribution is 2.21. The van der Waals surface area contributed by atoms with Crippen LogP contribution in [-0.2, 0) is 9.53 Å². The van der Waals surface area contributed by atoms with E-state index in [2.05, 4.69) is 22.1 Å². The molecule has 1 aromatic heterocycles. The number of aromatic nitrogens is 1. The summed E-state index contributed by atoms with van der Waals surface area (Å²) in [5, 5.41) is 5.37. The van der Waals surface area contributed by atoms with Crippen molar-refractivity contribution in [1.82, 2.24) is 15.2 Å². The molecule has 0 aromatic carbocycles. The van der Waals surface area contributed by atoms with Crippen LogP contribution in [0.15, 0.2) is 20.9 Å². The second kappa shape index (κ2) is 13.6. The largest absolute Gasteiger partial charge is 0.466 e. The molecule has 1 aromatic rings. The van der Waals surface area contributed by atoms with Crippen molar-refractivity contribution < 1.29 is 9.53 Å². The van der Waals surface area contributed by atoms with Crippen molar-refractivity contribution in [3.63, 3.8) is 0 Å². The Hall–Kier alpha value is -0.550. The monoisotopic (exact) mass is 512 g/mol. The van der Waals surface area contributed by atoms with Crippen LogP contribution in [0.4, 0.5) is 0 Å². The van der Waals surface area contributed by atoms with Crippen LogP contribution in [0.3, 0.4) is 0 Å². The third-order valence-electron chi connectivity index (χ3n) is 3.95. The molecule has 0 saturated carbocycles. The molecule has 1 N–H and O–H groups in total. The van der Waals surface area contributed by atoms with E-state index in [0.717, 1.165) is 61.5 Å². The quantitative estimate of drug-likeness (QED) is 0.144. The molecule has 0 unspecified atom stereocenters. The molecule has 0 radical (unpaired) electrons. The highest BCUT2D eigenvalue weighted by molar-refractivity contribution is 14.0. The number of rotatable bonds is 8. The maximum atomic E-state index is 11.8. The number of hydrogen-bond donors (Lipinski definition) is 1. The lowest BCUT2D eigenvalue weighted by atomic mass is 9.97. The molecule has 9 heteroatoms. The van der Waals surface area contributed by atoms with Crippen LogP contribution >= 0.6 is 47.1 Å². The van der Waals surface area contributed by atoms with Gasteiger partial charge in [0, 0.05) is 43.5 Å². The molecule has 1 aliphatic rings. The number of halogens is 1. The molecule has 1 saturated heterocycles. The van der Waals surface area contributed by atoms with E-state index in [4.69, 9.17) is 9.73 Å². The minimum Gasteiger partial charge on any atom is -0.466 e. The molecule has 26 heavy (non-hydrogen) atoms. The third kappa shape index (κ3) is 7.99. The molecule has 0 atom stereocenters. The van der Waals surface area contributed by atoms with Gasteiger partial charge in [0.15, 0.2) is 5.96 Å². The fourth-order valence-electron chi connectivity index (χ4n) is 2.70. The first-order chi connectivity index (χ1) is 12.2. The zero-order valence-electron chi connectivity index (χ0n) is 15.5. The number of esters is 1. The maximum absolute atomic E-state index is 11.8. The molecule has 0 spiro atoms. The predicted octanol–water partition coefficient (Wildman–Crippen LogP) is 3.48. The summed E-state index contributed by atoms with van der Waals surface area (Å²) in [7, 11) is 0. The molecule has 2 rings (SSSR count). The molecule has 0 bridgehead atoms. The number of nitrogens with one attached hydrogen (secondary N) is 1. The topological polar surface area (TPSA) is 66.8 Å². The Bertz CT molecular complexity index is 535. The summed E-state index contributed by atoms with van der Waals surface area (Å²) in [6.45, 7) is 7.76. The summed E-state index contributed by atoms with van der Waals surface area (Å²) < 4.78 is 6.26. The van der Waals surface area contributed by atoms with Crippen molar-refractivity contribution in [1.29, 1.82) is 0 Å². The van der Waals surface area contributed by atoms with Gasteiger partial charge in [0.2, 0.25) is 0 Å². The molecular formula is C17H29IN4O2S2. The number of guanidine groups is 1. The number of thioether (sulfide) groups is 1. The number of thiazole rings is 1. The third-order valence-corrected chi connectivity index (χ3v) is 6.00. The van der Waals surface area contributed by atoms with Gasteiger partial charge in [-0.25, -0.2) is 4.98 Å². The van der Waals surface area contributed by atoms with Gasteiger partial charge in [0.25, 0.3) is 0 Å². The second-order valence-electron chi connectivity index (χ2n) is 5.75. The lowest BCUT2D eigenvalue weighted by Crippen LogP contribution is -2.46. The maximum Gasteiger partial charge on any atom is 0.309 e. The standard InChI is InChI=1S/C17H28N4O2S2.HI/c1-3-18-16(19-8-5-12-24-17-20-9-13-25-17)21-10-6-14(7-11-21)15(22)23-4-2;/h9,13-14H,3-8,10-12H2,1-2H3,(H,18,19);1H. The summed E-state index contributed by atoms with van der Waals surface area (Å²) in [5.41, 5.74) is 0. The molecule has 0 aliphatic carbocycles. The van der Waals surface area contributed by atoms with E-state index >= 15 is 0 Å². The Morgan fingerprint density at radius 3 is 2.85 bits per heavy atom. The molecular weight excluding hydrogens is 483 g/mol. The number of piperidine rings is 1. The number of nitrogens with zero attached hydrogens (tertiary/aromatic N) is 3. The van der Waals surface area contributed by atoms with Crippen LogP contribution < -0.4 is 5.32 Å². The minimum absolute atomic E-state index is 0. The van der Waals surface area contributed by atoms with Crippen molar-refractivity contribution in [2.24, 2.45) is 10.9 Å². The average Bonchev–Trinajstić information content (AvgIpc) is 3.14. The fourth-order valence-corrected chi connectivity index (χ4v) is 4.34. The van der Waals surface area contributed by atoms with Crippen LogP contribution in [0.1, 0.15) is 33.1 Å². The normalized spacial score (nSPS) is 15.5. The van der Waals surface area contributed by atoms with Crippen LogP contribution in [0.5, 0.6) is 0 Å². The van der Waals surface area contributed by atoms with Crippen molar-refractivity contribution >= 4 is 59.0 Å². The fraction of sp³-hybridized carbons (Fsp3) is 0.706. The lowest BCUT2D eigenvalue weighted by Gasteiger charge is -2.33. The second-order valence-corrected chi connectivity index (χ2v) is 7.99. The Morgan fingerprint density at radius 2 is 2.23 bits per heavy atom. The van der Waals surface area contributed by atoms with Gasteiger partial charge in [-0.1, -0.05) is 11.8 Å². The van der Waals surface area contributed by atoms with E-state index in [1.807, 2.05) is 18.5 Å². The van der Waals surface area contributed by atoms with E-state index < -0.39 is 0 Å². The van der Waals surface area contributed by atoms with E-state index in [0.29, 0.717) is 6.61 Å². The van der Waals surface area contributed by atoms with Gasteiger partial charge in [-0.3, -0.25) is 9.79 Å². The highest BCUT2D eigenvalue weighted by atomic mass is 127. The molecule has 1 aliphatic heterocycles. The van der Waals surface area contributed by atoms with Gasteiger partial charge < -0.3 is 15.0 Å². The summed E-state index contributed by atoms with van der Waals surface area (Å²) in [4.78, 5) is 23.1. The van der Waals surface area contributed by atoms with Gasteiger partial charge in [0.1, 0.15) is 4.34 Å². The van der Waals surface area contributed by atoms with Crippen molar-refractivity contribution in [2.75, 3.05) is 38.5 Å². The Labute approximate surface area is 181 Å². The van der Waals surface area contributed by atoms with Crippen LogP contribution in [-0.4, -0.2) is 60.4 Å². The van der Waals surface area contributed by atoms with Crippen molar-refractivity contribution in [3.8, 4) is 0 Å². The number of ether oxygens (including phenoxy) is 1. The van der Waals surface area contributed by atoms with Crippen LogP contribution in [0.25, 0.3) is 0 Å². The van der Waals surface area contributed by atoms with Gasteiger partial charge in [0.05, 0.1) is 12.5 Å². The summed E-state index contributed by atoms with van der Waals surface area (Å²) in [6, 6.07) is 0.